The van der Waals surface area contributed by atoms with E-state index in [2.05, 4.69) is 0 Å². The molecule has 0 aliphatic rings. The average Bonchev–Trinajstić information content (AvgIpc) is 2.88. The fraction of sp³-hybridized carbons (Fsp3) is 0.267. The van der Waals surface area contributed by atoms with Gasteiger partial charge in [0.1, 0.15) is 9.09 Å². The second-order valence-electron chi connectivity index (χ2n) is 5.10. The van der Waals surface area contributed by atoms with Gasteiger partial charge in [-0.15, -0.1) is 11.3 Å². The number of rotatable bonds is 6. The molecule has 6 nitrogen and oxygen atoms in total. The van der Waals surface area contributed by atoms with Crippen LogP contribution in [0.2, 0.25) is 0 Å². The highest BCUT2D eigenvalue weighted by molar-refractivity contribution is 7.94. The molecule has 0 spiro atoms. The van der Waals surface area contributed by atoms with Gasteiger partial charge in [0.15, 0.2) is 0 Å². The van der Waals surface area contributed by atoms with E-state index in [4.69, 9.17) is 5.11 Å². The molecule has 1 atom stereocenters. The van der Waals surface area contributed by atoms with Crippen LogP contribution in [0, 0.1) is 6.92 Å². The zero-order valence-corrected chi connectivity index (χ0v) is 14.3. The van der Waals surface area contributed by atoms with Crippen molar-refractivity contribution in [2.24, 2.45) is 0 Å². The van der Waals surface area contributed by atoms with Crippen LogP contribution in [0.1, 0.15) is 22.2 Å². The molecule has 0 saturated carbocycles. The summed E-state index contributed by atoms with van der Waals surface area (Å²) in [6.07, 6.45) is -0.870. The number of aliphatic hydroxyl groups is 1. The largest absolute Gasteiger partial charge is 0.477 e. The molecule has 0 bridgehead atoms. The summed E-state index contributed by atoms with van der Waals surface area (Å²) in [5.41, 5.74) is 0.808. The highest BCUT2D eigenvalue weighted by Crippen LogP contribution is 2.31. The maximum Gasteiger partial charge on any atom is 0.346 e. The summed E-state index contributed by atoms with van der Waals surface area (Å²) in [6, 6.07) is 9.75. The molecule has 0 aliphatic heterocycles. The number of sulfonamides is 1. The maximum absolute atomic E-state index is 12.9. The molecule has 23 heavy (non-hydrogen) atoms. The molecule has 0 unspecified atom stereocenters. The number of carboxylic acid groups (broad SMARTS) is 1. The van der Waals surface area contributed by atoms with Crippen molar-refractivity contribution in [1.29, 1.82) is 0 Å². The minimum absolute atomic E-state index is 0.00589. The molecule has 0 saturated heterocycles. The molecule has 124 valence electrons. The van der Waals surface area contributed by atoms with E-state index in [0.29, 0.717) is 22.6 Å². The smallest absolute Gasteiger partial charge is 0.346 e. The number of thiophene rings is 1. The van der Waals surface area contributed by atoms with E-state index in [9.17, 15) is 18.3 Å². The SMILES string of the molecule is Cc1cc(S(=O)(=O)N(C[C@@H](C)O)c2ccccc2)sc1C(=O)O. The number of carboxylic acids is 1. The molecule has 2 rings (SSSR count). The Morgan fingerprint density at radius 3 is 2.39 bits per heavy atom. The first kappa shape index (κ1) is 17.5. The quantitative estimate of drug-likeness (QED) is 0.829. The lowest BCUT2D eigenvalue weighted by Gasteiger charge is -2.25. The first-order valence-corrected chi connectivity index (χ1v) is 9.08. The topological polar surface area (TPSA) is 94.9 Å². The van der Waals surface area contributed by atoms with Crippen LogP contribution in [0.3, 0.4) is 0 Å². The van der Waals surface area contributed by atoms with E-state index in [1.54, 1.807) is 37.3 Å². The number of nitrogens with zero attached hydrogens (tertiary/aromatic N) is 1. The van der Waals surface area contributed by atoms with Crippen LogP contribution in [0.4, 0.5) is 5.69 Å². The first-order valence-electron chi connectivity index (χ1n) is 6.83. The van der Waals surface area contributed by atoms with Gasteiger partial charge in [-0.2, -0.15) is 0 Å². The standard InChI is InChI=1S/C15H17NO5S2/c1-10-8-13(22-14(10)15(18)19)23(20,21)16(9-11(2)17)12-6-4-3-5-7-12/h3-8,11,17H,9H2,1-2H3,(H,18,19)/t11-/m1/s1. The first-order chi connectivity index (χ1) is 10.7. The Hall–Kier alpha value is -1.90. The number of carbonyl (C=O) groups is 1. The molecule has 8 heteroatoms. The van der Waals surface area contributed by atoms with Crippen molar-refractivity contribution >= 4 is 33.0 Å². The van der Waals surface area contributed by atoms with E-state index in [0.717, 1.165) is 4.31 Å². The summed E-state index contributed by atoms with van der Waals surface area (Å²) in [6.45, 7) is 2.93. The number of aryl methyl sites for hydroxylation is 1. The van der Waals surface area contributed by atoms with Gasteiger partial charge in [0.05, 0.1) is 18.3 Å². The Bertz CT molecular complexity index is 797. The van der Waals surface area contributed by atoms with Crippen LogP contribution >= 0.6 is 11.3 Å². The summed E-state index contributed by atoms with van der Waals surface area (Å²) in [7, 11) is -3.96. The molecular weight excluding hydrogens is 338 g/mol. The van der Waals surface area contributed by atoms with E-state index in [1.807, 2.05) is 0 Å². The minimum Gasteiger partial charge on any atom is -0.477 e. The number of aromatic carboxylic acids is 1. The van der Waals surface area contributed by atoms with E-state index >= 15 is 0 Å². The van der Waals surface area contributed by atoms with Crippen molar-refractivity contribution in [3.05, 3.63) is 46.8 Å². The summed E-state index contributed by atoms with van der Waals surface area (Å²) in [4.78, 5) is 11.1. The summed E-state index contributed by atoms with van der Waals surface area (Å²) in [5.74, 6) is -1.16. The lowest BCUT2D eigenvalue weighted by atomic mass is 10.3. The number of hydrogen-bond donors (Lipinski definition) is 2. The molecule has 2 aromatic rings. The van der Waals surface area contributed by atoms with E-state index < -0.39 is 22.1 Å². The summed E-state index contributed by atoms with van der Waals surface area (Å²) in [5, 5.41) is 18.8. The van der Waals surface area contributed by atoms with Crippen LogP contribution in [0.15, 0.2) is 40.6 Å². The molecule has 0 fully saturated rings. The van der Waals surface area contributed by atoms with Crippen LogP contribution in [0.5, 0.6) is 0 Å². The normalized spacial score (nSPS) is 12.8. The number of para-hydroxylation sites is 1. The molecule has 0 amide bonds. The van der Waals surface area contributed by atoms with Gasteiger partial charge in [0.2, 0.25) is 0 Å². The van der Waals surface area contributed by atoms with Gasteiger partial charge in [0.25, 0.3) is 10.0 Å². The molecule has 0 radical (unpaired) electrons. The van der Waals surface area contributed by atoms with E-state index in [1.165, 1.54) is 13.0 Å². The van der Waals surface area contributed by atoms with Crippen LogP contribution in [-0.4, -0.2) is 37.2 Å². The minimum atomic E-state index is -3.96. The van der Waals surface area contributed by atoms with Crippen molar-refractivity contribution in [1.82, 2.24) is 0 Å². The second-order valence-corrected chi connectivity index (χ2v) is 8.24. The van der Waals surface area contributed by atoms with Gasteiger partial charge in [-0.25, -0.2) is 13.2 Å². The van der Waals surface area contributed by atoms with Crippen molar-refractivity contribution in [3.8, 4) is 0 Å². The van der Waals surface area contributed by atoms with Gasteiger partial charge >= 0.3 is 5.97 Å². The summed E-state index contributed by atoms with van der Waals surface area (Å²) >= 11 is 0.714. The Morgan fingerprint density at radius 1 is 1.30 bits per heavy atom. The van der Waals surface area contributed by atoms with Gasteiger partial charge in [-0.05, 0) is 37.6 Å². The maximum atomic E-state index is 12.9. The van der Waals surface area contributed by atoms with Crippen LogP contribution in [0.25, 0.3) is 0 Å². The lowest BCUT2D eigenvalue weighted by Crippen LogP contribution is -2.36. The third-order valence-corrected chi connectivity index (χ3v) is 6.58. The number of hydrogen-bond acceptors (Lipinski definition) is 5. The van der Waals surface area contributed by atoms with Gasteiger partial charge in [-0.1, -0.05) is 18.2 Å². The predicted octanol–water partition coefficient (Wildman–Crippen LogP) is 2.33. The lowest BCUT2D eigenvalue weighted by molar-refractivity contribution is 0.0701. The van der Waals surface area contributed by atoms with E-state index in [-0.39, 0.29) is 15.6 Å². The monoisotopic (exact) mass is 355 g/mol. The average molecular weight is 355 g/mol. The number of aliphatic hydroxyl groups excluding tert-OH is 1. The van der Waals surface area contributed by atoms with Crippen molar-refractivity contribution in [3.63, 3.8) is 0 Å². The summed E-state index contributed by atoms with van der Waals surface area (Å²) < 4.78 is 26.8. The van der Waals surface area contributed by atoms with Gasteiger partial charge in [0, 0.05) is 0 Å². The molecule has 1 aromatic carbocycles. The fourth-order valence-corrected chi connectivity index (χ4v) is 5.12. The molecular formula is C15H17NO5S2. The molecule has 0 aliphatic carbocycles. The van der Waals surface area contributed by atoms with Crippen molar-refractivity contribution in [2.75, 3.05) is 10.8 Å². The number of anilines is 1. The van der Waals surface area contributed by atoms with Crippen molar-refractivity contribution in [2.45, 2.75) is 24.2 Å². The zero-order chi connectivity index (χ0) is 17.2. The highest BCUT2D eigenvalue weighted by Gasteiger charge is 2.29. The van der Waals surface area contributed by atoms with Gasteiger partial charge < -0.3 is 10.2 Å². The molecule has 1 aromatic heterocycles. The third-order valence-electron chi connectivity index (χ3n) is 3.11. The predicted molar refractivity (Wildman–Crippen MR) is 88.7 cm³/mol. The third kappa shape index (κ3) is 3.72. The fourth-order valence-electron chi connectivity index (χ4n) is 2.08. The molecule has 1 heterocycles. The Kier molecular flexibility index (Phi) is 5.08. The Balaban J connectivity index is 2.52. The zero-order valence-electron chi connectivity index (χ0n) is 12.6. The highest BCUT2D eigenvalue weighted by atomic mass is 32.2. The Morgan fingerprint density at radius 2 is 1.91 bits per heavy atom. The molecule has 2 N–H and O–H groups in total. The number of benzene rings is 1. The van der Waals surface area contributed by atoms with Crippen LogP contribution < -0.4 is 4.31 Å². The Labute approximate surface area is 138 Å². The van der Waals surface area contributed by atoms with Gasteiger partial charge in [-0.3, -0.25) is 4.31 Å². The van der Waals surface area contributed by atoms with Crippen LogP contribution in [-0.2, 0) is 10.0 Å². The second kappa shape index (κ2) is 6.69. The van der Waals surface area contributed by atoms with Crippen molar-refractivity contribution < 1.29 is 23.4 Å².